The summed E-state index contributed by atoms with van der Waals surface area (Å²) in [6, 6.07) is 14.5. The zero-order chi connectivity index (χ0) is 32.5. The van der Waals surface area contributed by atoms with E-state index in [4.69, 9.17) is 5.73 Å². The number of primary amides is 1. The number of aliphatic hydroxyl groups is 3. The Kier molecular flexibility index (Phi) is 7.35. The lowest BCUT2D eigenvalue weighted by Gasteiger charge is -2.50. The third-order valence-corrected chi connectivity index (χ3v) is 9.61. The molecule has 0 saturated heterocycles. The fourth-order valence-corrected chi connectivity index (χ4v) is 7.56. The molecule has 10 nitrogen and oxygen atoms in total. The van der Waals surface area contributed by atoms with E-state index in [9.17, 15) is 34.8 Å². The lowest BCUT2D eigenvalue weighted by Crippen LogP contribution is -2.65. The molecule has 0 spiro atoms. The van der Waals surface area contributed by atoms with Crippen LogP contribution in [-0.4, -0.2) is 74.6 Å². The van der Waals surface area contributed by atoms with Crippen LogP contribution in [0.25, 0.3) is 27.7 Å². The highest BCUT2D eigenvalue weighted by molar-refractivity contribution is 6.24. The number of benzene rings is 3. The Labute approximate surface area is 260 Å². The third-order valence-electron chi connectivity index (χ3n) is 9.61. The van der Waals surface area contributed by atoms with Crippen molar-refractivity contribution < 1.29 is 34.8 Å². The molecule has 0 aromatic heterocycles. The van der Waals surface area contributed by atoms with Gasteiger partial charge in [0.25, 0.3) is 5.91 Å². The number of aliphatic hydroxyl groups excluding tert-OH is 2. The number of likely N-dealkylation sites (N-methyl/N-ethyl adjacent to an activating group) is 1. The van der Waals surface area contributed by atoms with Crippen molar-refractivity contribution in [2.45, 2.75) is 50.9 Å². The van der Waals surface area contributed by atoms with Crippen LogP contribution in [0, 0.1) is 11.8 Å². The fourth-order valence-electron chi connectivity index (χ4n) is 7.56. The number of fused-ring (bicyclic) bond motifs is 4. The molecule has 3 aromatic rings. The number of hydrogen-bond donors (Lipinski definition) is 6. The lowest BCUT2D eigenvalue weighted by molar-refractivity contribution is -0.153. The number of amides is 1. The number of Topliss-reactive ketones (excluding diaryl/α,β-unsaturated/α-hetero) is 2. The first-order chi connectivity index (χ1) is 21.3. The smallest absolute Gasteiger partial charge is 0.255 e. The van der Waals surface area contributed by atoms with Crippen LogP contribution in [0.1, 0.15) is 37.0 Å². The van der Waals surface area contributed by atoms with Crippen molar-refractivity contribution in [2.24, 2.45) is 17.6 Å². The van der Waals surface area contributed by atoms with E-state index in [0.29, 0.717) is 18.2 Å². The first-order valence-corrected chi connectivity index (χ1v) is 15.0. The van der Waals surface area contributed by atoms with E-state index in [1.165, 1.54) is 11.0 Å². The molecule has 0 heterocycles. The van der Waals surface area contributed by atoms with Crippen molar-refractivity contribution in [3.05, 3.63) is 82.1 Å². The van der Waals surface area contributed by atoms with Gasteiger partial charge in [0.05, 0.1) is 11.6 Å². The second-order valence-corrected chi connectivity index (χ2v) is 12.8. The molecule has 10 heteroatoms. The molecule has 0 radical (unpaired) electrons. The number of nitrogens with one attached hydrogen (secondary N) is 1. The number of aromatic hydroxyl groups is 1. The maximum Gasteiger partial charge on any atom is 0.255 e. The van der Waals surface area contributed by atoms with Gasteiger partial charge in [-0.1, -0.05) is 56.3 Å². The Hall–Kier alpha value is -4.51. The van der Waals surface area contributed by atoms with E-state index in [1.807, 2.05) is 24.3 Å². The summed E-state index contributed by atoms with van der Waals surface area (Å²) in [6.45, 7) is 4.85. The number of hydrogen-bond acceptors (Lipinski definition) is 9. The van der Waals surface area contributed by atoms with Crippen LogP contribution in [0.15, 0.2) is 65.4 Å². The van der Waals surface area contributed by atoms with Gasteiger partial charge in [0, 0.05) is 24.1 Å². The highest BCUT2D eigenvalue weighted by atomic mass is 16.3. The summed E-state index contributed by atoms with van der Waals surface area (Å²) >= 11 is 0. The number of phenolic OH excluding ortho intramolecular Hbond substituents is 1. The SMILES string of the molecule is CC(C)NCc1ccc(-c2ccc(O)c3c2C[C@@H]2C[C@H]4[C@@H](N(C)C)C(=O)C(C(N)=O)=C(O)[C@@]4(O)C(=O)C2=C3O)c2ccccc12. The number of nitrogens with zero attached hydrogens (tertiary/aromatic N) is 1. The monoisotopic (exact) mass is 611 g/mol. The van der Waals surface area contributed by atoms with Gasteiger partial charge >= 0.3 is 0 Å². The van der Waals surface area contributed by atoms with E-state index < -0.39 is 58.0 Å². The van der Waals surface area contributed by atoms with Crippen molar-refractivity contribution in [1.82, 2.24) is 10.2 Å². The Morgan fingerprint density at radius 2 is 1.69 bits per heavy atom. The highest BCUT2D eigenvalue weighted by Gasteiger charge is 2.64. The van der Waals surface area contributed by atoms with Crippen LogP contribution < -0.4 is 11.1 Å². The van der Waals surface area contributed by atoms with Gasteiger partial charge in [-0.15, -0.1) is 0 Å². The molecule has 1 saturated carbocycles. The van der Waals surface area contributed by atoms with E-state index in [-0.39, 0.29) is 29.7 Å². The maximum atomic E-state index is 14.1. The van der Waals surface area contributed by atoms with E-state index in [1.54, 1.807) is 20.2 Å². The average molecular weight is 612 g/mol. The Balaban J connectivity index is 1.54. The van der Waals surface area contributed by atoms with Crippen LogP contribution >= 0.6 is 0 Å². The van der Waals surface area contributed by atoms with E-state index >= 15 is 0 Å². The molecule has 7 N–H and O–H groups in total. The first kappa shape index (κ1) is 30.5. The summed E-state index contributed by atoms with van der Waals surface area (Å²) < 4.78 is 0. The van der Waals surface area contributed by atoms with Gasteiger partial charge in [0.1, 0.15) is 22.8 Å². The molecule has 0 unspecified atom stereocenters. The van der Waals surface area contributed by atoms with E-state index in [2.05, 4.69) is 31.3 Å². The largest absolute Gasteiger partial charge is 0.508 e. The molecular formula is C35H37N3O7. The summed E-state index contributed by atoms with van der Waals surface area (Å²) in [7, 11) is 3.16. The predicted octanol–water partition coefficient (Wildman–Crippen LogP) is 3.28. The molecule has 1 fully saturated rings. The average Bonchev–Trinajstić information content (AvgIpc) is 2.97. The van der Waals surface area contributed by atoms with Gasteiger partial charge in [-0.25, -0.2) is 0 Å². The molecule has 3 aromatic carbocycles. The topological polar surface area (TPSA) is 173 Å². The van der Waals surface area contributed by atoms with Crippen LogP contribution in [0.5, 0.6) is 5.75 Å². The van der Waals surface area contributed by atoms with Crippen LogP contribution in [0.4, 0.5) is 0 Å². The van der Waals surface area contributed by atoms with Crippen LogP contribution in [-0.2, 0) is 27.3 Å². The predicted molar refractivity (Wildman–Crippen MR) is 169 cm³/mol. The van der Waals surface area contributed by atoms with E-state index in [0.717, 1.165) is 27.5 Å². The lowest BCUT2D eigenvalue weighted by atomic mass is 9.57. The molecule has 4 atom stereocenters. The van der Waals surface area contributed by atoms with Crippen molar-refractivity contribution in [3.8, 4) is 16.9 Å². The van der Waals surface area contributed by atoms with Gasteiger partial charge in [-0.05, 0) is 71.9 Å². The molecule has 45 heavy (non-hydrogen) atoms. The Morgan fingerprint density at radius 1 is 1.02 bits per heavy atom. The van der Waals surface area contributed by atoms with Crippen molar-refractivity contribution in [2.75, 3.05) is 14.1 Å². The molecular weight excluding hydrogens is 574 g/mol. The van der Waals surface area contributed by atoms with Gasteiger partial charge in [-0.2, -0.15) is 0 Å². The van der Waals surface area contributed by atoms with Crippen LogP contribution in [0.3, 0.4) is 0 Å². The maximum absolute atomic E-state index is 14.1. The molecule has 3 aliphatic carbocycles. The number of carbonyl (C=O) groups excluding carboxylic acids is 3. The normalized spacial score (nSPS) is 24.7. The van der Waals surface area contributed by atoms with Gasteiger partial charge in [0.15, 0.2) is 11.4 Å². The molecule has 234 valence electrons. The fraction of sp³-hybridized carbons (Fsp3) is 0.343. The second kappa shape index (κ2) is 10.8. The van der Waals surface area contributed by atoms with Crippen molar-refractivity contribution in [3.63, 3.8) is 0 Å². The Bertz CT molecular complexity index is 1860. The number of ketones is 2. The quantitative estimate of drug-likeness (QED) is 0.229. The third kappa shape index (κ3) is 4.47. The molecule has 6 rings (SSSR count). The minimum atomic E-state index is -2.67. The number of rotatable bonds is 6. The summed E-state index contributed by atoms with van der Waals surface area (Å²) in [5, 5.41) is 51.1. The summed E-state index contributed by atoms with van der Waals surface area (Å²) in [5.74, 6) is -6.72. The molecule has 1 amide bonds. The zero-order valence-corrected chi connectivity index (χ0v) is 25.6. The molecule has 0 aliphatic heterocycles. The summed E-state index contributed by atoms with van der Waals surface area (Å²) in [5.41, 5.74) is 5.20. The molecule has 0 bridgehead atoms. The standard InChI is InChI=1S/C35H37N3O7/c1-16(2)37-15-17-9-10-21(20-8-6-5-7-19(17)20)22-11-12-25(39)27-23(22)13-18-14-24-29(38(3)4)31(41)28(34(36)44)33(43)35(24,45)32(42)26(18)30(27)40/h5-12,16,18,24,29,37,39-40,43,45H,13-15H2,1-4H3,(H2,36,44)/t18-,24+,29-,35+/m1/s1. The minimum absolute atomic E-state index is 0.0292. The first-order valence-electron chi connectivity index (χ1n) is 15.0. The second-order valence-electron chi connectivity index (χ2n) is 12.8. The molecule has 3 aliphatic rings. The highest BCUT2D eigenvalue weighted by Crippen LogP contribution is 2.54. The number of nitrogens with two attached hydrogens (primary N) is 1. The number of phenols is 1. The summed E-state index contributed by atoms with van der Waals surface area (Å²) in [6.07, 6.45) is 0.241. The zero-order valence-electron chi connectivity index (χ0n) is 25.6. The van der Waals surface area contributed by atoms with Gasteiger partial charge in [-0.3, -0.25) is 19.3 Å². The minimum Gasteiger partial charge on any atom is -0.508 e. The van der Waals surface area contributed by atoms with Crippen molar-refractivity contribution in [1.29, 1.82) is 0 Å². The van der Waals surface area contributed by atoms with Gasteiger partial charge in [0.2, 0.25) is 5.78 Å². The van der Waals surface area contributed by atoms with Gasteiger partial charge < -0.3 is 31.5 Å². The van der Waals surface area contributed by atoms with Crippen molar-refractivity contribution >= 4 is 34.0 Å². The Morgan fingerprint density at radius 3 is 2.33 bits per heavy atom. The van der Waals surface area contributed by atoms with Crippen LogP contribution in [0.2, 0.25) is 0 Å². The number of carbonyl (C=O) groups is 3. The summed E-state index contributed by atoms with van der Waals surface area (Å²) in [4.78, 5) is 41.2.